The van der Waals surface area contributed by atoms with Gasteiger partial charge in [0.2, 0.25) is 21.8 Å². The van der Waals surface area contributed by atoms with E-state index in [0.29, 0.717) is 24.4 Å². The van der Waals surface area contributed by atoms with Gasteiger partial charge in [0.1, 0.15) is 12.1 Å². The molecule has 3 aliphatic rings. The summed E-state index contributed by atoms with van der Waals surface area (Å²) in [6.07, 6.45) is 3.89. The van der Waals surface area contributed by atoms with Gasteiger partial charge in [-0.2, -0.15) is 4.31 Å². The van der Waals surface area contributed by atoms with Crippen LogP contribution in [0.5, 0.6) is 0 Å². The van der Waals surface area contributed by atoms with Crippen LogP contribution >= 0.6 is 0 Å². The summed E-state index contributed by atoms with van der Waals surface area (Å²) in [5.74, 6) is -0.0834. The number of sulfonamides is 1. The SMILES string of the molecule is Cc1cc(C)c(S(=O)(=O)N2CCC3(CC2)C(=O)N(CC(=O)N2CCCCC2)CN3c2ccccc2)c(C)c1. The Kier molecular flexibility index (Phi) is 7.26. The Balaban J connectivity index is 1.40. The van der Waals surface area contributed by atoms with Gasteiger partial charge < -0.3 is 14.7 Å². The Morgan fingerprint density at radius 2 is 1.50 bits per heavy atom. The molecule has 2 aromatic carbocycles. The van der Waals surface area contributed by atoms with Crippen LogP contribution in [0.2, 0.25) is 0 Å². The number of carbonyl (C=O) groups excluding carboxylic acids is 2. The molecule has 204 valence electrons. The summed E-state index contributed by atoms with van der Waals surface area (Å²) in [6, 6.07) is 13.6. The number of hydrogen-bond acceptors (Lipinski definition) is 5. The van der Waals surface area contributed by atoms with Gasteiger partial charge in [0.05, 0.1) is 11.6 Å². The number of nitrogens with zero attached hydrogens (tertiary/aromatic N) is 4. The number of carbonyl (C=O) groups is 2. The first-order valence-corrected chi connectivity index (χ1v) is 15.1. The van der Waals surface area contributed by atoms with Gasteiger partial charge in [-0.1, -0.05) is 35.9 Å². The molecule has 3 aliphatic heterocycles. The second kappa shape index (κ2) is 10.3. The van der Waals surface area contributed by atoms with E-state index in [0.717, 1.165) is 54.7 Å². The van der Waals surface area contributed by atoms with Crippen molar-refractivity contribution in [2.45, 2.75) is 63.3 Å². The van der Waals surface area contributed by atoms with Gasteiger partial charge in [0, 0.05) is 31.9 Å². The van der Waals surface area contributed by atoms with Crippen molar-refractivity contribution in [3.63, 3.8) is 0 Å². The summed E-state index contributed by atoms with van der Waals surface area (Å²) in [5.41, 5.74) is 2.56. The first-order chi connectivity index (χ1) is 18.1. The Hall–Kier alpha value is -2.91. The lowest BCUT2D eigenvalue weighted by Gasteiger charge is -2.43. The molecule has 1 spiro atoms. The van der Waals surface area contributed by atoms with E-state index in [2.05, 4.69) is 4.90 Å². The molecule has 3 fully saturated rings. The fourth-order valence-electron chi connectivity index (χ4n) is 6.53. The predicted molar refractivity (Wildman–Crippen MR) is 147 cm³/mol. The molecule has 8 nitrogen and oxygen atoms in total. The number of para-hydroxylation sites is 1. The van der Waals surface area contributed by atoms with Crippen molar-refractivity contribution in [2.75, 3.05) is 44.3 Å². The third-order valence-electron chi connectivity index (χ3n) is 8.37. The summed E-state index contributed by atoms with van der Waals surface area (Å²) in [4.78, 5) is 33.1. The van der Waals surface area contributed by atoms with E-state index in [1.54, 1.807) is 4.90 Å². The third kappa shape index (κ3) is 4.71. The van der Waals surface area contributed by atoms with Crippen LogP contribution in [0.25, 0.3) is 0 Å². The third-order valence-corrected chi connectivity index (χ3v) is 10.6. The molecule has 3 heterocycles. The van der Waals surface area contributed by atoms with Gasteiger partial charge >= 0.3 is 0 Å². The number of piperidine rings is 2. The molecule has 2 amide bonds. The van der Waals surface area contributed by atoms with E-state index in [-0.39, 0.29) is 31.4 Å². The largest absolute Gasteiger partial charge is 0.341 e. The van der Waals surface area contributed by atoms with Crippen molar-refractivity contribution >= 4 is 27.5 Å². The maximum Gasteiger partial charge on any atom is 0.250 e. The molecule has 3 saturated heterocycles. The molecule has 0 aromatic heterocycles. The van der Waals surface area contributed by atoms with Crippen molar-refractivity contribution in [2.24, 2.45) is 0 Å². The molecular formula is C29H38N4O4S. The van der Waals surface area contributed by atoms with Gasteiger partial charge in [-0.05, 0) is 76.1 Å². The molecule has 38 heavy (non-hydrogen) atoms. The number of aryl methyl sites for hydroxylation is 3. The van der Waals surface area contributed by atoms with Crippen LogP contribution in [0.4, 0.5) is 5.69 Å². The maximum atomic E-state index is 14.0. The molecule has 0 saturated carbocycles. The van der Waals surface area contributed by atoms with Crippen LogP contribution in [0.3, 0.4) is 0 Å². The fourth-order valence-corrected chi connectivity index (χ4v) is 8.38. The van der Waals surface area contributed by atoms with Crippen molar-refractivity contribution < 1.29 is 18.0 Å². The Labute approximate surface area is 226 Å². The average molecular weight is 539 g/mol. The lowest BCUT2D eigenvalue weighted by atomic mass is 9.86. The first kappa shape index (κ1) is 26.7. The van der Waals surface area contributed by atoms with Crippen molar-refractivity contribution in [3.8, 4) is 0 Å². The van der Waals surface area contributed by atoms with Crippen molar-refractivity contribution in [1.29, 1.82) is 0 Å². The highest BCUT2D eigenvalue weighted by Gasteiger charge is 2.55. The second-order valence-electron chi connectivity index (χ2n) is 11.0. The van der Waals surface area contributed by atoms with Gasteiger partial charge in [0.15, 0.2) is 0 Å². The van der Waals surface area contributed by atoms with Gasteiger partial charge in [-0.3, -0.25) is 9.59 Å². The second-order valence-corrected chi connectivity index (χ2v) is 12.9. The van der Waals surface area contributed by atoms with E-state index >= 15 is 0 Å². The minimum atomic E-state index is -3.70. The minimum absolute atomic E-state index is 0.00607. The molecule has 0 unspecified atom stereocenters. The monoisotopic (exact) mass is 538 g/mol. The van der Waals surface area contributed by atoms with Crippen LogP contribution in [-0.4, -0.2) is 79.3 Å². The highest BCUT2D eigenvalue weighted by molar-refractivity contribution is 7.89. The molecule has 0 radical (unpaired) electrons. The molecule has 0 atom stereocenters. The number of amides is 2. The molecule has 5 rings (SSSR count). The molecule has 0 bridgehead atoms. The summed E-state index contributed by atoms with van der Waals surface area (Å²) in [6.45, 7) is 8.03. The fraction of sp³-hybridized carbons (Fsp3) is 0.517. The van der Waals surface area contributed by atoms with E-state index < -0.39 is 15.6 Å². The molecule has 0 aliphatic carbocycles. The lowest BCUT2D eigenvalue weighted by molar-refractivity contribution is -0.141. The summed E-state index contributed by atoms with van der Waals surface area (Å²) >= 11 is 0. The normalized spacial score (nSPS) is 20.4. The lowest BCUT2D eigenvalue weighted by Crippen LogP contribution is -2.57. The Morgan fingerprint density at radius 3 is 2.11 bits per heavy atom. The summed E-state index contributed by atoms with van der Waals surface area (Å²) < 4.78 is 29.0. The van der Waals surface area contributed by atoms with Crippen molar-refractivity contribution in [1.82, 2.24) is 14.1 Å². The van der Waals surface area contributed by atoms with E-state index in [1.807, 2.05) is 68.1 Å². The zero-order valence-corrected chi connectivity index (χ0v) is 23.5. The van der Waals surface area contributed by atoms with Crippen LogP contribution < -0.4 is 4.90 Å². The van der Waals surface area contributed by atoms with Crippen molar-refractivity contribution in [3.05, 3.63) is 59.2 Å². The Bertz CT molecular complexity index is 1290. The quantitative estimate of drug-likeness (QED) is 0.583. The zero-order chi connectivity index (χ0) is 27.1. The Morgan fingerprint density at radius 1 is 0.895 bits per heavy atom. The molecular weight excluding hydrogens is 500 g/mol. The van der Waals surface area contributed by atoms with Gasteiger partial charge in [-0.25, -0.2) is 8.42 Å². The maximum absolute atomic E-state index is 14.0. The predicted octanol–water partition coefficient (Wildman–Crippen LogP) is 3.45. The van der Waals surface area contributed by atoms with Gasteiger partial charge in [-0.15, -0.1) is 0 Å². The highest BCUT2D eigenvalue weighted by Crippen LogP contribution is 2.41. The standard InChI is InChI=1S/C29H38N4O4S/c1-22-18-23(2)27(24(3)19-22)38(36,37)32-16-12-29(13-17-32)28(35)31(20-26(34)30-14-8-5-9-15-30)21-33(29)25-10-6-4-7-11-25/h4,6-7,10-11,18-19H,5,8-9,12-17,20-21H2,1-3H3. The minimum Gasteiger partial charge on any atom is -0.341 e. The molecule has 0 N–H and O–H groups in total. The topological polar surface area (TPSA) is 81.2 Å². The molecule has 9 heteroatoms. The highest BCUT2D eigenvalue weighted by atomic mass is 32.2. The number of rotatable bonds is 5. The summed E-state index contributed by atoms with van der Waals surface area (Å²) in [7, 11) is -3.70. The summed E-state index contributed by atoms with van der Waals surface area (Å²) in [5, 5.41) is 0. The van der Waals surface area contributed by atoms with Gasteiger partial charge in [0.25, 0.3) is 0 Å². The zero-order valence-electron chi connectivity index (χ0n) is 22.6. The molecule has 2 aromatic rings. The van der Waals surface area contributed by atoms with Crippen LogP contribution in [0.15, 0.2) is 47.4 Å². The van der Waals surface area contributed by atoms with E-state index in [1.165, 1.54) is 4.31 Å². The average Bonchev–Trinajstić information content (AvgIpc) is 3.15. The van der Waals surface area contributed by atoms with E-state index in [9.17, 15) is 18.0 Å². The van der Waals surface area contributed by atoms with Crippen LogP contribution in [0.1, 0.15) is 48.8 Å². The first-order valence-electron chi connectivity index (χ1n) is 13.6. The number of benzene rings is 2. The number of anilines is 1. The van der Waals surface area contributed by atoms with Crippen LogP contribution in [0, 0.1) is 20.8 Å². The number of hydrogen-bond donors (Lipinski definition) is 0. The smallest absolute Gasteiger partial charge is 0.250 e. The number of likely N-dealkylation sites (tertiary alicyclic amines) is 1. The van der Waals surface area contributed by atoms with Crippen LogP contribution in [-0.2, 0) is 19.6 Å². The van der Waals surface area contributed by atoms with E-state index in [4.69, 9.17) is 0 Å².